The summed E-state index contributed by atoms with van der Waals surface area (Å²) in [4.78, 5) is 4.26. The Morgan fingerprint density at radius 2 is 2.22 bits per heavy atom. The number of rotatable bonds is 4. The van der Waals surface area contributed by atoms with Gasteiger partial charge in [-0.3, -0.25) is 0 Å². The Morgan fingerprint density at radius 3 is 3.00 bits per heavy atom. The monoisotopic (exact) mass is 266 g/mol. The first-order valence-electron chi connectivity index (χ1n) is 5.87. The van der Waals surface area contributed by atoms with Gasteiger partial charge in [-0.15, -0.1) is 0 Å². The van der Waals surface area contributed by atoms with Gasteiger partial charge in [0.05, 0.1) is 17.7 Å². The molecule has 2 aromatic rings. The van der Waals surface area contributed by atoms with Crippen molar-refractivity contribution in [2.75, 3.05) is 23.4 Å². The predicted octanol–water partition coefficient (Wildman–Crippen LogP) is 0.576. The standard InChI is InChI=1S/C11H14N4O2S/c16-18(17)7-9(8-18)1-3-12-11-10-2-4-14-15(10)6-5-13-11/h2,4-6,9H,1,3,7-8H2,(H,12,13). The Bertz CT molecular complexity index is 652. The van der Waals surface area contributed by atoms with Crippen LogP contribution >= 0.6 is 0 Å². The van der Waals surface area contributed by atoms with E-state index in [0.717, 1.165) is 24.3 Å². The number of hydrogen-bond acceptors (Lipinski definition) is 5. The number of anilines is 1. The SMILES string of the molecule is O=S1(=O)CC(CCNc2nccn3nccc23)C1. The minimum absolute atomic E-state index is 0.298. The minimum atomic E-state index is -2.71. The van der Waals surface area contributed by atoms with Crippen molar-refractivity contribution in [3.8, 4) is 0 Å². The molecule has 0 amide bonds. The van der Waals surface area contributed by atoms with Gasteiger partial charge in [-0.2, -0.15) is 5.10 Å². The van der Waals surface area contributed by atoms with Gasteiger partial charge < -0.3 is 5.32 Å². The fourth-order valence-electron chi connectivity index (χ4n) is 2.22. The first-order valence-corrected chi connectivity index (χ1v) is 7.69. The van der Waals surface area contributed by atoms with E-state index in [0.29, 0.717) is 17.4 Å². The van der Waals surface area contributed by atoms with Crippen LogP contribution in [0.15, 0.2) is 24.7 Å². The van der Waals surface area contributed by atoms with Crippen molar-refractivity contribution < 1.29 is 8.42 Å². The minimum Gasteiger partial charge on any atom is -0.368 e. The second-order valence-corrected chi connectivity index (χ2v) is 6.75. The zero-order valence-electron chi connectivity index (χ0n) is 9.78. The van der Waals surface area contributed by atoms with Gasteiger partial charge in [-0.25, -0.2) is 17.9 Å². The van der Waals surface area contributed by atoms with E-state index < -0.39 is 9.84 Å². The van der Waals surface area contributed by atoms with E-state index in [9.17, 15) is 8.42 Å². The van der Waals surface area contributed by atoms with Crippen molar-refractivity contribution >= 4 is 21.2 Å². The Morgan fingerprint density at radius 1 is 1.39 bits per heavy atom. The molecular formula is C11H14N4O2S. The summed E-state index contributed by atoms with van der Waals surface area (Å²) >= 11 is 0. The largest absolute Gasteiger partial charge is 0.368 e. The Labute approximate surface area is 105 Å². The smallest absolute Gasteiger partial charge is 0.152 e. The molecule has 96 valence electrons. The number of sulfone groups is 1. The maximum atomic E-state index is 11.0. The summed E-state index contributed by atoms with van der Waals surface area (Å²) in [5.74, 6) is 1.75. The molecule has 1 aliphatic rings. The molecule has 7 heteroatoms. The van der Waals surface area contributed by atoms with Crippen LogP contribution < -0.4 is 5.32 Å². The normalized spacial score (nSPS) is 18.7. The van der Waals surface area contributed by atoms with Crippen LogP contribution in [0.25, 0.3) is 5.52 Å². The summed E-state index contributed by atoms with van der Waals surface area (Å²) < 4.78 is 23.8. The molecule has 0 radical (unpaired) electrons. The number of nitrogens with one attached hydrogen (secondary N) is 1. The zero-order valence-corrected chi connectivity index (χ0v) is 10.6. The highest BCUT2D eigenvalue weighted by Gasteiger charge is 2.32. The van der Waals surface area contributed by atoms with Gasteiger partial charge in [0.1, 0.15) is 5.52 Å². The second kappa shape index (κ2) is 4.24. The first-order chi connectivity index (χ1) is 8.64. The van der Waals surface area contributed by atoms with Crippen LogP contribution in [0.1, 0.15) is 6.42 Å². The van der Waals surface area contributed by atoms with E-state index >= 15 is 0 Å². The molecule has 18 heavy (non-hydrogen) atoms. The Hall–Kier alpha value is -1.63. The lowest BCUT2D eigenvalue weighted by Gasteiger charge is -2.25. The molecule has 0 atom stereocenters. The number of nitrogens with zero attached hydrogens (tertiary/aromatic N) is 3. The van der Waals surface area contributed by atoms with E-state index in [2.05, 4.69) is 15.4 Å². The third-order valence-electron chi connectivity index (χ3n) is 3.15. The molecule has 1 N–H and O–H groups in total. The molecule has 0 bridgehead atoms. The molecule has 2 aromatic heterocycles. The highest BCUT2D eigenvalue weighted by molar-refractivity contribution is 7.92. The summed E-state index contributed by atoms with van der Waals surface area (Å²) in [5, 5.41) is 7.36. The molecule has 6 nitrogen and oxygen atoms in total. The maximum absolute atomic E-state index is 11.0. The van der Waals surface area contributed by atoms with Crippen molar-refractivity contribution in [3.63, 3.8) is 0 Å². The maximum Gasteiger partial charge on any atom is 0.152 e. The molecule has 1 saturated heterocycles. The van der Waals surface area contributed by atoms with Gasteiger partial charge in [0, 0.05) is 18.9 Å². The topological polar surface area (TPSA) is 76.4 Å². The summed E-state index contributed by atoms with van der Waals surface area (Å²) in [6.07, 6.45) is 6.06. The van der Waals surface area contributed by atoms with Gasteiger partial charge in [-0.1, -0.05) is 0 Å². The average molecular weight is 266 g/mol. The van der Waals surface area contributed by atoms with Gasteiger partial charge in [-0.05, 0) is 18.4 Å². The number of aromatic nitrogens is 3. The van der Waals surface area contributed by atoms with E-state index in [1.807, 2.05) is 6.07 Å². The van der Waals surface area contributed by atoms with Crippen molar-refractivity contribution in [3.05, 3.63) is 24.7 Å². The summed E-state index contributed by atoms with van der Waals surface area (Å²) in [6, 6.07) is 1.89. The van der Waals surface area contributed by atoms with Gasteiger partial charge in [0.25, 0.3) is 0 Å². The molecule has 0 aliphatic carbocycles. The lowest BCUT2D eigenvalue weighted by molar-refractivity contribution is 0.506. The summed E-state index contributed by atoms with van der Waals surface area (Å²) in [7, 11) is -2.71. The Kier molecular flexibility index (Phi) is 2.70. The molecule has 0 saturated carbocycles. The van der Waals surface area contributed by atoms with Crippen LogP contribution in [0.5, 0.6) is 0 Å². The van der Waals surface area contributed by atoms with Gasteiger partial charge >= 0.3 is 0 Å². The van der Waals surface area contributed by atoms with Crippen molar-refractivity contribution in [1.29, 1.82) is 0 Å². The van der Waals surface area contributed by atoms with Crippen LogP contribution in [0, 0.1) is 5.92 Å². The molecule has 3 heterocycles. The molecule has 3 rings (SSSR count). The van der Waals surface area contributed by atoms with Crippen LogP contribution in [0.3, 0.4) is 0 Å². The fraction of sp³-hybridized carbons (Fsp3) is 0.455. The molecular weight excluding hydrogens is 252 g/mol. The second-order valence-electron chi connectivity index (χ2n) is 4.60. The first kappa shape index (κ1) is 11.5. The van der Waals surface area contributed by atoms with Crippen LogP contribution in [0.2, 0.25) is 0 Å². The van der Waals surface area contributed by atoms with Crippen molar-refractivity contribution in [1.82, 2.24) is 14.6 Å². The predicted molar refractivity (Wildman–Crippen MR) is 68.2 cm³/mol. The fourth-order valence-corrected chi connectivity index (χ4v) is 3.90. The van der Waals surface area contributed by atoms with Gasteiger partial charge in [0.2, 0.25) is 0 Å². The van der Waals surface area contributed by atoms with Crippen molar-refractivity contribution in [2.45, 2.75) is 6.42 Å². The Balaban J connectivity index is 1.59. The number of hydrogen-bond donors (Lipinski definition) is 1. The quantitative estimate of drug-likeness (QED) is 0.875. The van der Waals surface area contributed by atoms with Gasteiger partial charge in [0.15, 0.2) is 15.7 Å². The van der Waals surface area contributed by atoms with E-state index in [1.165, 1.54) is 0 Å². The molecule has 1 aliphatic heterocycles. The highest BCUT2D eigenvalue weighted by atomic mass is 32.2. The van der Waals surface area contributed by atoms with Crippen LogP contribution in [-0.2, 0) is 9.84 Å². The highest BCUT2D eigenvalue weighted by Crippen LogP contribution is 2.21. The molecule has 0 aromatic carbocycles. The third-order valence-corrected chi connectivity index (χ3v) is 5.11. The molecule has 0 unspecified atom stereocenters. The molecule has 0 spiro atoms. The van der Waals surface area contributed by atoms with E-state index in [4.69, 9.17) is 0 Å². The zero-order chi connectivity index (χ0) is 12.6. The molecule has 1 fully saturated rings. The summed E-state index contributed by atoms with van der Waals surface area (Å²) in [5.41, 5.74) is 0.929. The van der Waals surface area contributed by atoms with Crippen LogP contribution in [0.4, 0.5) is 5.82 Å². The van der Waals surface area contributed by atoms with E-state index in [-0.39, 0.29) is 0 Å². The average Bonchev–Trinajstić information content (AvgIpc) is 2.75. The lowest BCUT2D eigenvalue weighted by Crippen LogP contribution is -2.37. The van der Waals surface area contributed by atoms with Crippen LogP contribution in [-0.4, -0.2) is 41.1 Å². The lowest BCUT2D eigenvalue weighted by atomic mass is 10.1. The van der Waals surface area contributed by atoms with E-state index in [1.54, 1.807) is 23.1 Å². The van der Waals surface area contributed by atoms with Crippen molar-refractivity contribution in [2.24, 2.45) is 5.92 Å². The summed E-state index contributed by atoms with van der Waals surface area (Å²) in [6.45, 7) is 0.734. The number of fused-ring (bicyclic) bond motifs is 1. The third kappa shape index (κ3) is 2.17.